The molecule has 0 unspecified atom stereocenters. The van der Waals surface area contributed by atoms with Gasteiger partial charge in [0.05, 0.1) is 12.2 Å². The van der Waals surface area contributed by atoms with Crippen LogP contribution in [0.2, 0.25) is 0 Å². The molecule has 0 saturated heterocycles. The minimum absolute atomic E-state index is 0.336. The quantitative estimate of drug-likeness (QED) is 0.431. The smallest absolute Gasteiger partial charge is 0.338 e. The molecule has 0 atom stereocenters. The van der Waals surface area contributed by atoms with E-state index in [1.54, 1.807) is 6.92 Å². The monoisotopic (exact) mass is 342 g/mol. The number of rotatable bonds is 4. The molecule has 0 amide bonds. The summed E-state index contributed by atoms with van der Waals surface area (Å²) in [6, 6.07) is 25.5. The third-order valence-corrected chi connectivity index (χ3v) is 4.32. The van der Waals surface area contributed by atoms with Gasteiger partial charge in [-0.3, -0.25) is 0 Å². The molecule has 4 rings (SSSR count). The van der Waals surface area contributed by atoms with E-state index < -0.39 is 0 Å². The van der Waals surface area contributed by atoms with Gasteiger partial charge in [-0.05, 0) is 30.7 Å². The maximum Gasteiger partial charge on any atom is 0.338 e. The number of hydrogen-bond donors (Lipinski definition) is 0. The first-order valence-electron chi connectivity index (χ1n) is 8.62. The zero-order valence-corrected chi connectivity index (χ0v) is 14.4. The lowest BCUT2D eigenvalue weighted by Crippen LogP contribution is -2.04. The Kier molecular flexibility index (Phi) is 4.28. The van der Waals surface area contributed by atoms with Crippen LogP contribution in [0.15, 0.2) is 83.3 Å². The first-order chi connectivity index (χ1) is 12.8. The molecule has 4 aromatic rings. The molecule has 1 aromatic heterocycles. The molecule has 1 heterocycles. The highest BCUT2D eigenvalue weighted by molar-refractivity contribution is 6.08. The van der Waals surface area contributed by atoms with Crippen molar-refractivity contribution in [3.63, 3.8) is 0 Å². The lowest BCUT2D eigenvalue weighted by molar-refractivity contribution is 0.0528. The molecule has 3 heteroatoms. The van der Waals surface area contributed by atoms with E-state index in [1.807, 2.05) is 78.9 Å². The average Bonchev–Trinajstić information content (AvgIpc) is 3.14. The van der Waals surface area contributed by atoms with Crippen molar-refractivity contribution in [3.8, 4) is 22.5 Å². The Morgan fingerprint density at radius 2 is 1.54 bits per heavy atom. The fourth-order valence-electron chi connectivity index (χ4n) is 3.10. The number of ether oxygens (including phenoxy) is 1. The Morgan fingerprint density at radius 3 is 2.19 bits per heavy atom. The summed E-state index contributed by atoms with van der Waals surface area (Å²) < 4.78 is 11.4. The normalized spacial score (nSPS) is 10.8. The summed E-state index contributed by atoms with van der Waals surface area (Å²) in [5, 5.41) is 0.767. The second-order valence-electron chi connectivity index (χ2n) is 5.97. The Balaban J connectivity index is 1.96. The van der Waals surface area contributed by atoms with Crippen molar-refractivity contribution in [2.24, 2.45) is 0 Å². The van der Waals surface area contributed by atoms with Gasteiger partial charge >= 0.3 is 5.97 Å². The van der Waals surface area contributed by atoms with Crippen LogP contribution in [-0.2, 0) is 4.74 Å². The van der Waals surface area contributed by atoms with Gasteiger partial charge in [-0.15, -0.1) is 0 Å². The Hall–Kier alpha value is -3.33. The topological polar surface area (TPSA) is 39.4 Å². The van der Waals surface area contributed by atoms with E-state index in [0.29, 0.717) is 17.8 Å². The molecule has 3 nitrogen and oxygen atoms in total. The zero-order valence-electron chi connectivity index (χ0n) is 14.4. The highest BCUT2D eigenvalue weighted by Gasteiger charge is 2.19. The van der Waals surface area contributed by atoms with Crippen LogP contribution >= 0.6 is 0 Å². The van der Waals surface area contributed by atoms with E-state index in [-0.39, 0.29) is 5.97 Å². The first-order valence-corrected chi connectivity index (χ1v) is 8.62. The Morgan fingerprint density at radius 1 is 0.885 bits per heavy atom. The zero-order chi connectivity index (χ0) is 17.9. The van der Waals surface area contributed by atoms with E-state index in [0.717, 1.165) is 27.8 Å². The van der Waals surface area contributed by atoms with Gasteiger partial charge in [0.15, 0.2) is 0 Å². The molecule has 0 aliphatic rings. The summed E-state index contributed by atoms with van der Waals surface area (Å²) in [6.45, 7) is 2.14. The third kappa shape index (κ3) is 2.88. The highest BCUT2D eigenvalue weighted by atomic mass is 16.5. The summed E-state index contributed by atoms with van der Waals surface area (Å²) in [7, 11) is 0. The van der Waals surface area contributed by atoms with Crippen LogP contribution in [0, 0.1) is 0 Å². The fourth-order valence-corrected chi connectivity index (χ4v) is 3.10. The van der Waals surface area contributed by atoms with Crippen molar-refractivity contribution >= 4 is 16.9 Å². The van der Waals surface area contributed by atoms with E-state index in [4.69, 9.17) is 9.15 Å². The number of benzene rings is 3. The maximum absolute atomic E-state index is 12.4. The van der Waals surface area contributed by atoms with E-state index >= 15 is 0 Å². The fraction of sp³-hybridized carbons (Fsp3) is 0.0870. The second kappa shape index (κ2) is 6.89. The Bertz CT molecular complexity index is 1050. The van der Waals surface area contributed by atoms with Gasteiger partial charge in [0.1, 0.15) is 11.3 Å². The molecule has 0 radical (unpaired) electrons. The van der Waals surface area contributed by atoms with Gasteiger partial charge < -0.3 is 9.15 Å². The van der Waals surface area contributed by atoms with Gasteiger partial charge in [-0.25, -0.2) is 4.79 Å². The lowest BCUT2D eigenvalue weighted by Gasteiger charge is -2.07. The van der Waals surface area contributed by atoms with Crippen LogP contribution < -0.4 is 0 Å². The summed E-state index contributed by atoms with van der Waals surface area (Å²) >= 11 is 0. The van der Waals surface area contributed by atoms with Gasteiger partial charge in [-0.1, -0.05) is 60.7 Å². The van der Waals surface area contributed by atoms with Crippen molar-refractivity contribution in [3.05, 3.63) is 84.4 Å². The van der Waals surface area contributed by atoms with Crippen LogP contribution in [-0.4, -0.2) is 12.6 Å². The van der Waals surface area contributed by atoms with E-state index in [9.17, 15) is 4.79 Å². The van der Waals surface area contributed by atoms with Gasteiger partial charge in [-0.2, -0.15) is 0 Å². The van der Waals surface area contributed by atoms with Crippen molar-refractivity contribution < 1.29 is 13.9 Å². The predicted octanol–water partition coefficient (Wildman–Crippen LogP) is 5.94. The number of furan rings is 1. The van der Waals surface area contributed by atoms with Crippen molar-refractivity contribution in [2.45, 2.75) is 6.92 Å². The van der Waals surface area contributed by atoms with Crippen LogP contribution in [0.3, 0.4) is 0 Å². The standard InChI is InChI=1S/C23H18O3/c1-2-25-23(24)19-14-13-18(16-9-5-3-6-10-16)22-20(19)15-21(26-22)17-11-7-4-8-12-17/h3-15H,2H2,1H3. The molecule has 0 bridgehead atoms. The lowest BCUT2D eigenvalue weighted by atomic mass is 10.00. The SMILES string of the molecule is CCOC(=O)c1ccc(-c2ccccc2)c2oc(-c3ccccc3)cc12. The number of esters is 1. The summed E-state index contributed by atoms with van der Waals surface area (Å²) in [6.07, 6.45) is 0. The average molecular weight is 342 g/mol. The molecule has 0 aliphatic carbocycles. The van der Waals surface area contributed by atoms with Crippen molar-refractivity contribution in [2.75, 3.05) is 6.61 Å². The molecule has 0 spiro atoms. The van der Waals surface area contributed by atoms with Crippen molar-refractivity contribution in [1.82, 2.24) is 0 Å². The summed E-state index contributed by atoms with van der Waals surface area (Å²) in [4.78, 5) is 12.4. The molecule has 26 heavy (non-hydrogen) atoms. The van der Waals surface area contributed by atoms with E-state index in [2.05, 4.69) is 0 Å². The number of carbonyl (C=O) groups is 1. The van der Waals surface area contributed by atoms with Crippen LogP contribution in [0.1, 0.15) is 17.3 Å². The number of carbonyl (C=O) groups excluding carboxylic acids is 1. The number of fused-ring (bicyclic) bond motifs is 1. The molecule has 0 saturated carbocycles. The molecule has 0 N–H and O–H groups in total. The maximum atomic E-state index is 12.4. The molecule has 0 aliphatic heterocycles. The second-order valence-corrected chi connectivity index (χ2v) is 5.97. The minimum atomic E-state index is -0.336. The molecule has 0 fully saturated rings. The van der Waals surface area contributed by atoms with Gasteiger partial charge in [0.2, 0.25) is 0 Å². The Labute approximate surface area is 151 Å². The molecular weight excluding hydrogens is 324 g/mol. The third-order valence-electron chi connectivity index (χ3n) is 4.32. The number of hydrogen-bond acceptors (Lipinski definition) is 3. The predicted molar refractivity (Wildman–Crippen MR) is 103 cm³/mol. The summed E-state index contributed by atoms with van der Waals surface area (Å²) in [5.74, 6) is 0.395. The largest absolute Gasteiger partial charge is 0.462 e. The van der Waals surface area contributed by atoms with Gasteiger partial charge in [0.25, 0.3) is 0 Å². The van der Waals surface area contributed by atoms with Crippen molar-refractivity contribution in [1.29, 1.82) is 0 Å². The van der Waals surface area contributed by atoms with Crippen LogP contribution in [0.4, 0.5) is 0 Å². The van der Waals surface area contributed by atoms with E-state index in [1.165, 1.54) is 0 Å². The minimum Gasteiger partial charge on any atom is -0.462 e. The first kappa shape index (κ1) is 16.2. The van der Waals surface area contributed by atoms with Gasteiger partial charge in [0, 0.05) is 16.5 Å². The van der Waals surface area contributed by atoms with Crippen LogP contribution in [0.25, 0.3) is 33.4 Å². The highest BCUT2D eigenvalue weighted by Crippen LogP contribution is 2.36. The molecule has 3 aromatic carbocycles. The van der Waals surface area contributed by atoms with Crippen LogP contribution in [0.5, 0.6) is 0 Å². The molecular formula is C23H18O3. The molecule has 128 valence electrons. The summed E-state index contributed by atoms with van der Waals surface area (Å²) in [5.41, 5.74) is 4.18.